The van der Waals surface area contributed by atoms with Crippen molar-refractivity contribution < 1.29 is 5.11 Å². The molecule has 1 unspecified atom stereocenters. The van der Waals surface area contributed by atoms with Gasteiger partial charge in [-0.15, -0.1) is 11.8 Å². The second-order valence-corrected chi connectivity index (χ2v) is 4.12. The van der Waals surface area contributed by atoms with Crippen LogP contribution in [-0.4, -0.2) is 22.5 Å². The lowest BCUT2D eigenvalue weighted by atomic mass is 10.2. The van der Waals surface area contributed by atoms with E-state index in [1.807, 2.05) is 25.1 Å². The summed E-state index contributed by atoms with van der Waals surface area (Å²) in [7, 11) is 0. The molecule has 1 aromatic heterocycles. The van der Waals surface area contributed by atoms with Crippen LogP contribution in [0.2, 0.25) is 0 Å². The predicted octanol–water partition coefficient (Wildman–Crippen LogP) is 1.67. The fraction of sp³-hybridized carbons (Fsp3) is 0.400. The van der Waals surface area contributed by atoms with Gasteiger partial charge in [0.25, 0.3) is 0 Å². The maximum Gasteiger partial charge on any atom is 0.153 e. The van der Waals surface area contributed by atoms with Crippen molar-refractivity contribution in [3.63, 3.8) is 0 Å². The largest absolute Gasteiger partial charge is 0.396 e. The number of hydrogen-bond donors (Lipinski definition) is 1. The Labute approximate surface area is 87.8 Å². The van der Waals surface area contributed by atoms with Crippen molar-refractivity contribution in [3.05, 3.63) is 24.0 Å². The van der Waals surface area contributed by atoms with Gasteiger partial charge in [0.05, 0.1) is 0 Å². The van der Waals surface area contributed by atoms with E-state index in [-0.39, 0.29) is 12.5 Å². The molecule has 4 heteroatoms. The van der Waals surface area contributed by atoms with Crippen molar-refractivity contribution in [1.29, 1.82) is 5.26 Å². The minimum Gasteiger partial charge on any atom is -0.396 e. The maximum atomic E-state index is 8.85. The summed E-state index contributed by atoms with van der Waals surface area (Å²) in [6, 6.07) is 5.73. The Balaban J connectivity index is 2.63. The van der Waals surface area contributed by atoms with Gasteiger partial charge >= 0.3 is 0 Å². The molecule has 0 bridgehead atoms. The molecule has 74 valence electrons. The van der Waals surface area contributed by atoms with E-state index in [1.165, 1.54) is 0 Å². The molecule has 3 nitrogen and oxygen atoms in total. The molecule has 0 radical (unpaired) electrons. The maximum absolute atomic E-state index is 8.85. The highest BCUT2D eigenvalue weighted by atomic mass is 32.2. The van der Waals surface area contributed by atoms with E-state index in [4.69, 9.17) is 10.4 Å². The van der Waals surface area contributed by atoms with Crippen LogP contribution in [0.3, 0.4) is 0 Å². The van der Waals surface area contributed by atoms with Gasteiger partial charge in [0.1, 0.15) is 6.07 Å². The monoisotopic (exact) mass is 208 g/mol. The molecule has 0 spiro atoms. The van der Waals surface area contributed by atoms with Crippen molar-refractivity contribution in [2.75, 3.05) is 12.4 Å². The number of thioether (sulfide) groups is 1. The standard InChI is InChI=1S/C10H12N2OS/c1-8(6-13)7-14-10-3-2-4-12-9(10)5-11/h2-4,8,13H,6-7H2,1H3. The molecule has 14 heavy (non-hydrogen) atoms. The lowest BCUT2D eigenvalue weighted by molar-refractivity contribution is 0.250. The third kappa shape index (κ3) is 3.02. The number of aliphatic hydroxyl groups excluding tert-OH is 1. The molecule has 0 aliphatic carbocycles. The van der Waals surface area contributed by atoms with Crippen molar-refractivity contribution >= 4 is 11.8 Å². The minimum absolute atomic E-state index is 0.176. The molecule has 0 fully saturated rings. The molecule has 0 amide bonds. The van der Waals surface area contributed by atoms with E-state index in [9.17, 15) is 0 Å². The lowest BCUT2D eigenvalue weighted by Gasteiger charge is -2.07. The first-order valence-electron chi connectivity index (χ1n) is 4.36. The number of rotatable bonds is 4. The molecule has 1 atom stereocenters. The topological polar surface area (TPSA) is 56.9 Å². The van der Waals surface area contributed by atoms with E-state index in [2.05, 4.69) is 4.98 Å². The summed E-state index contributed by atoms with van der Waals surface area (Å²) in [6.45, 7) is 2.14. The highest BCUT2D eigenvalue weighted by Crippen LogP contribution is 2.22. The van der Waals surface area contributed by atoms with Gasteiger partial charge < -0.3 is 5.11 Å². The number of hydrogen-bond acceptors (Lipinski definition) is 4. The van der Waals surface area contributed by atoms with Crippen molar-refractivity contribution in [3.8, 4) is 6.07 Å². The summed E-state index contributed by atoms with van der Waals surface area (Å²) in [6.07, 6.45) is 1.61. The normalized spacial score (nSPS) is 12.1. The Hall–Kier alpha value is -1.05. The SMILES string of the molecule is CC(CO)CSc1cccnc1C#N. The van der Waals surface area contributed by atoms with Crippen LogP contribution in [0.4, 0.5) is 0 Å². The Kier molecular flexibility index (Phi) is 4.44. The average molecular weight is 208 g/mol. The van der Waals surface area contributed by atoms with Crippen molar-refractivity contribution in [2.45, 2.75) is 11.8 Å². The molecule has 1 rings (SSSR count). The highest BCUT2D eigenvalue weighted by molar-refractivity contribution is 7.99. The van der Waals surface area contributed by atoms with Gasteiger partial charge in [-0.1, -0.05) is 6.92 Å². The molecule has 1 aromatic rings. The van der Waals surface area contributed by atoms with Crippen LogP contribution < -0.4 is 0 Å². The second kappa shape index (κ2) is 5.63. The Morgan fingerprint density at radius 3 is 3.14 bits per heavy atom. The van der Waals surface area contributed by atoms with Crippen LogP contribution in [0.15, 0.2) is 23.2 Å². The van der Waals surface area contributed by atoms with Crippen LogP contribution in [0.5, 0.6) is 0 Å². The number of nitriles is 1. The van der Waals surface area contributed by atoms with Crippen LogP contribution in [0.25, 0.3) is 0 Å². The molecule has 0 aromatic carbocycles. The first kappa shape index (κ1) is 11.0. The molecule has 1 N–H and O–H groups in total. The van der Waals surface area contributed by atoms with E-state index in [0.29, 0.717) is 5.69 Å². The van der Waals surface area contributed by atoms with E-state index < -0.39 is 0 Å². The zero-order valence-corrected chi connectivity index (χ0v) is 8.79. The zero-order valence-electron chi connectivity index (χ0n) is 7.97. The van der Waals surface area contributed by atoms with Gasteiger partial charge in [-0.25, -0.2) is 4.98 Å². The summed E-state index contributed by atoms with van der Waals surface area (Å²) in [5.41, 5.74) is 0.461. The van der Waals surface area contributed by atoms with Gasteiger partial charge in [-0.05, 0) is 18.1 Å². The van der Waals surface area contributed by atoms with Crippen molar-refractivity contribution in [1.82, 2.24) is 4.98 Å². The van der Waals surface area contributed by atoms with Crippen LogP contribution in [0, 0.1) is 17.2 Å². The summed E-state index contributed by atoms with van der Waals surface area (Å²) in [5, 5.41) is 17.6. The minimum atomic E-state index is 0.176. The summed E-state index contributed by atoms with van der Waals surface area (Å²) in [5.74, 6) is 1.04. The van der Waals surface area contributed by atoms with Crippen LogP contribution >= 0.6 is 11.8 Å². The molecule has 1 heterocycles. The Morgan fingerprint density at radius 2 is 2.50 bits per heavy atom. The fourth-order valence-corrected chi connectivity index (χ4v) is 1.86. The quantitative estimate of drug-likeness (QED) is 0.765. The fourth-order valence-electron chi connectivity index (χ4n) is 0.876. The number of nitrogens with zero attached hydrogens (tertiary/aromatic N) is 2. The third-order valence-corrected chi connectivity index (χ3v) is 3.09. The summed E-state index contributed by atoms with van der Waals surface area (Å²) < 4.78 is 0. The van der Waals surface area contributed by atoms with Gasteiger partial charge in [-0.3, -0.25) is 0 Å². The second-order valence-electron chi connectivity index (χ2n) is 3.06. The molecule has 0 aliphatic rings. The first-order valence-corrected chi connectivity index (χ1v) is 5.35. The van der Waals surface area contributed by atoms with Gasteiger partial charge in [0, 0.05) is 23.5 Å². The first-order chi connectivity index (χ1) is 6.77. The van der Waals surface area contributed by atoms with Gasteiger partial charge in [0.2, 0.25) is 0 Å². The van der Waals surface area contributed by atoms with Gasteiger partial charge in [-0.2, -0.15) is 5.26 Å². The molecular formula is C10H12N2OS. The number of aliphatic hydroxyl groups is 1. The average Bonchev–Trinajstić information content (AvgIpc) is 2.26. The predicted molar refractivity (Wildman–Crippen MR) is 55.9 cm³/mol. The van der Waals surface area contributed by atoms with Crippen molar-refractivity contribution in [2.24, 2.45) is 5.92 Å². The summed E-state index contributed by atoms with van der Waals surface area (Å²) in [4.78, 5) is 4.84. The van der Waals surface area contributed by atoms with Gasteiger partial charge in [0.15, 0.2) is 5.69 Å². The lowest BCUT2D eigenvalue weighted by Crippen LogP contribution is -2.03. The Morgan fingerprint density at radius 1 is 1.71 bits per heavy atom. The third-order valence-electron chi connectivity index (χ3n) is 1.71. The molecule has 0 saturated carbocycles. The molecule has 0 saturated heterocycles. The van der Waals surface area contributed by atoms with Crippen LogP contribution in [-0.2, 0) is 0 Å². The van der Waals surface area contributed by atoms with E-state index >= 15 is 0 Å². The number of aromatic nitrogens is 1. The van der Waals surface area contributed by atoms with E-state index in [0.717, 1.165) is 10.6 Å². The number of pyridine rings is 1. The molecular weight excluding hydrogens is 196 g/mol. The van der Waals surface area contributed by atoms with Crippen LogP contribution in [0.1, 0.15) is 12.6 Å². The summed E-state index contributed by atoms with van der Waals surface area (Å²) >= 11 is 1.56. The Bertz CT molecular complexity index is 335. The smallest absolute Gasteiger partial charge is 0.153 e. The van der Waals surface area contributed by atoms with E-state index in [1.54, 1.807) is 18.0 Å². The highest BCUT2D eigenvalue weighted by Gasteiger charge is 2.05. The zero-order chi connectivity index (χ0) is 10.4. The molecule has 0 aliphatic heterocycles.